The molecule has 0 spiro atoms. The van der Waals surface area contributed by atoms with Crippen molar-refractivity contribution in [2.75, 3.05) is 0 Å². The second-order valence-corrected chi connectivity index (χ2v) is 5.60. The highest BCUT2D eigenvalue weighted by Gasteiger charge is 2.23. The van der Waals surface area contributed by atoms with Crippen LogP contribution in [0.25, 0.3) is 0 Å². The molecule has 1 rings (SSSR count). The molecule has 0 bridgehead atoms. The maximum absolute atomic E-state index is 13.3. The van der Waals surface area contributed by atoms with E-state index in [1.807, 2.05) is 0 Å². The van der Waals surface area contributed by atoms with Crippen LogP contribution in [0.1, 0.15) is 18.9 Å². The number of nitrogens with zero attached hydrogens (tertiary/aromatic N) is 1. The van der Waals surface area contributed by atoms with Gasteiger partial charge in [-0.3, -0.25) is 4.79 Å². The van der Waals surface area contributed by atoms with Crippen molar-refractivity contribution < 1.29 is 17.6 Å². The van der Waals surface area contributed by atoms with Crippen molar-refractivity contribution in [1.82, 2.24) is 4.72 Å². The van der Waals surface area contributed by atoms with Gasteiger partial charge in [0, 0.05) is 12.5 Å². The zero-order valence-corrected chi connectivity index (χ0v) is 10.9. The summed E-state index contributed by atoms with van der Waals surface area (Å²) in [6.07, 6.45) is -0.198. The van der Waals surface area contributed by atoms with Crippen LogP contribution in [0.5, 0.6) is 0 Å². The van der Waals surface area contributed by atoms with Crippen LogP contribution in [0.15, 0.2) is 23.1 Å². The first-order valence-corrected chi connectivity index (χ1v) is 6.75. The average Bonchev–Trinajstić information content (AvgIpc) is 2.26. The molecule has 1 unspecified atom stereocenters. The molecule has 1 aromatic rings. The molecular formula is C11H12FN3O3S. The summed E-state index contributed by atoms with van der Waals surface area (Å²) in [5.74, 6) is -1.59. The molecule has 0 fully saturated rings. The van der Waals surface area contributed by atoms with E-state index in [1.165, 1.54) is 19.1 Å². The van der Waals surface area contributed by atoms with E-state index < -0.39 is 38.2 Å². The number of hydrogen-bond acceptors (Lipinski definition) is 4. The molecule has 19 heavy (non-hydrogen) atoms. The molecule has 3 N–H and O–H groups in total. The fourth-order valence-electron chi connectivity index (χ4n) is 1.51. The van der Waals surface area contributed by atoms with Crippen LogP contribution < -0.4 is 10.5 Å². The first kappa shape index (κ1) is 15.1. The SMILES string of the molecule is CC(CC(N)=O)NS(=O)(=O)c1cccc(F)c1C#N. The number of carbonyl (C=O) groups excluding carboxylic acids is 1. The van der Waals surface area contributed by atoms with E-state index in [0.717, 1.165) is 12.1 Å². The van der Waals surface area contributed by atoms with Crippen LogP contribution in [-0.2, 0) is 14.8 Å². The summed E-state index contributed by atoms with van der Waals surface area (Å²) < 4.78 is 39.4. The fourth-order valence-corrected chi connectivity index (χ4v) is 2.92. The monoisotopic (exact) mass is 285 g/mol. The van der Waals surface area contributed by atoms with Gasteiger partial charge in [0.1, 0.15) is 22.3 Å². The first-order chi connectivity index (χ1) is 8.77. The lowest BCUT2D eigenvalue weighted by Crippen LogP contribution is -2.36. The smallest absolute Gasteiger partial charge is 0.242 e. The molecule has 1 amide bonds. The van der Waals surface area contributed by atoms with Gasteiger partial charge in [-0.15, -0.1) is 0 Å². The van der Waals surface area contributed by atoms with Crippen LogP contribution in [0, 0.1) is 17.1 Å². The number of hydrogen-bond donors (Lipinski definition) is 2. The molecular weight excluding hydrogens is 273 g/mol. The Kier molecular flexibility index (Phi) is 4.58. The van der Waals surface area contributed by atoms with Crippen LogP contribution in [0.2, 0.25) is 0 Å². The largest absolute Gasteiger partial charge is 0.370 e. The molecule has 8 heteroatoms. The fraction of sp³-hybridized carbons (Fsp3) is 0.273. The zero-order valence-electron chi connectivity index (χ0n) is 10.1. The highest BCUT2D eigenvalue weighted by atomic mass is 32.2. The van der Waals surface area contributed by atoms with E-state index in [-0.39, 0.29) is 6.42 Å². The predicted octanol–water partition coefficient (Wildman–Crippen LogP) is 0.240. The Morgan fingerprint density at radius 2 is 2.21 bits per heavy atom. The third-order valence-electron chi connectivity index (χ3n) is 2.24. The molecule has 0 saturated carbocycles. The molecule has 0 aliphatic heterocycles. The Morgan fingerprint density at radius 3 is 2.74 bits per heavy atom. The van der Waals surface area contributed by atoms with Crippen molar-refractivity contribution in [3.8, 4) is 6.07 Å². The zero-order chi connectivity index (χ0) is 14.6. The Bertz CT molecular complexity index is 637. The summed E-state index contributed by atoms with van der Waals surface area (Å²) in [5, 5.41) is 8.79. The van der Waals surface area contributed by atoms with E-state index in [4.69, 9.17) is 11.0 Å². The Hall–Kier alpha value is -1.98. The number of carbonyl (C=O) groups is 1. The number of nitrogens with two attached hydrogens (primary N) is 1. The predicted molar refractivity (Wildman–Crippen MR) is 64.7 cm³/mol. The van der Waals surface area contributed by atoms with Crippen molar-refractivity contribution >= 4 is 15.9 Å². The molecule has 0 aliphatic carbocycles. The lowest BCUT2D eigenvalue weighted by molar-refractivity contribution is -0.118. The van der Waals surface area contributed by atoms with E-state index in [2.05, 4.69) is 4.72 Å². The van der Waals surface area contributed by atoms with E-state index >= 15 is 0 Å². The van der Waals surface area contributed by atoms with E-state index in [1.54, 1.807) is 0 Å². The second kappa shape index (κ2) is 5.77. The standard InChI is InChI=1S/C11H12FN3O3S/c1-7(5-11(14)16)15-19(17,18)10-4-2-3-9(12)8(10)6-13/h2-4,7,15H,5H2,1H3,(H2,14,16). The van der Waals surface area contributed by atoms with Gasteiger partial charge in [-0.2, -0.15) is 5.26 Å². The Balaban J connectivity index is 3.12. The third-order valence-corrected chi connectivity index (χ3v) is 3.87. The highest BCUT2D eigenvalue weighted by molar-refractivity contribution is 7.89. The molecule has 1 aromatic carbocycles. The summed E-state index contributed by atoms with van der Waals surface area (Å²) in [6.45, 7) is 1.44. The normalized spacial score (nSPS) is 12.7. The van der Waals surface area contributed by atoms with Crippen LogP contribution in [0.3, 0.4) is 0 Å². The molecule has 0 heterocycles. The lowest BCUT2D eigenvalue weighted by Gasteiger charge is -2.13. The molecule has 1 atom stereocenters. The summed E-state index contributed by atoms with van der Waals surface area (Å²) in [4.78, 5) is 10.2. The maximum Gasteiger partial charge on any atom is 0.242 e. The highest BCUT2D eigenvalue weighted by Crippen LogP contribution is 2.18. The van der Waals surface area contributed by atoms with E-state index in [9.17, 15) is 17.6 Å². The quantitative estimate of drug-likeness (QED) is 0.806. The van der Waals surface area contributed by atoms with Crippen LogP contribution >= 0.6 is 0 Å². The van der Waals surface area contributed by atoms with Gasteiger partial charge in [-0.25, -0.2) is 17.5 Å². The number of nitriles is 1. The lowest BCUT2D eigenvalue weighted by atomic mass is 10.2. The molecule has 0 radical (unpaired) electrons. The van der Waals surface area contributed by atoms with Crippen molar-refractivity contribution in [2.24, 2.45) is 5.73 Å². The minimum atomic E-state index is -4.09. The number of sulfonamides is 1. The Labute approximate surface area is 110 Å². The topological polar surface area (TPSA) is 113 Å². The van der Waals surface area contributed by atoms with Gasteiger partial charge in [-0.05, 0) is 19.1 Å². The summed E-state index contributed by atoms with van der Waals surface area (Å²) in [6, 6.07) is 4.03. The van der Waals surface area contributed by atoms with Crippen molar-refractivity contribution in [3.05, 3.63) is 29.6 Å². The van der Waals surface area contributed by atoms with Gasteiger partial charge in [-0.1, -0.05) is 6.07 Å². The minimum Gasteiger partial charge on any atom is -0.370 e. The molecule has 0 saturated heterocycles. The van der Waals surface area contributed by atoms with Gasteiger partial charge in [0.05, 0.1) is 0 Å². The minimum absolute atomic E-state index is 0.198. The van der Waals surface area contributed by atoms with Crippen molar-refractivity contribution in [2.45, 2.75) is 24.3 Å². The van der Waals surface area contributed by atoms with Crippen LogP contribution in [0.4, 0.5) is 4.39 Å². The number of halogens is 1. The first-order valence-electron chi connectivity index (χ1n) is 5.27. The molecule has 0 aromatic heterocycles. The average molecular weight is 285 g/mol. The number of nitrogens with one attached hydrogen (secondary N) is 1. The molecule has 102 valence electrons. The van der Waals surface area contributed by atoms with Crippen LogP contribution in [-0.4, -0.2) is 20.4 Å². The number of rotatable bonds is 5. The second-order valence-electron chi connectivity index (χ2n) is 3.92. The summed E-state index contributed by atoms with van der Waals surface area (Å²) in [5.41, 5.74) is 4.38. The number of benzene rings is 1. The van der Waals surface area contributed by atoms with Gasteiger partial charge < -0.3 is 5.73 Å². The Morgan fingerprint density at radius 1 is 1.58 bits per heavy atom. The van der Waals surface area contributed by atoms with Crippen molar-refractivity contribution in [3.63, 3.8) is 0 Å². The maximum atomic E-state index is 13.3. The van der Waals surface area contributed by atoms with Gasteiger partial charge in [0.25, 0.3) is 0 Å². The van der Waals surface area contributed by atoms with E-state index in [0.29, 0.717) is 0 Å². The number of primary amides is 1. The van der Waals surface area contributed by atoms with Crippen molar-refractivity contribution in [1.29, 1.82) is 5.26 Å². The summed E-state index contributed by atoms with van der Waals surface area (Å²) >= 11 is 0. The summed E-state index contributed by atoms with van der Waals surface area (Å²) in [7, 11) is -4.09. The van der Waals surface area contributed by atoms with Gasteiger partial charge in [0.2, 0.25) is 15.9 Å². The molecule has 6 nitrogen and oxygen atoms in total. The van der Waals surface area contributed by atoms with Gasteiger partial charge >= 0.3 is 0 Å². The number of amides is 1. The molecule has 0 aliphatic rings. The van der Waals surface area contributed by atoms with Gasteiger partial charge in [0.15, 0.2) is 0 Å². The third kappa shape index (κ3) is 3.74.